The number of amides is 1. The van der Waals surface area contributed by atoms with Crippen molar-refractivity contribution in [3.05, 3.63) is 35.4 Å². The molecular weight excluding hydrogens is 254 g/mol. The molecule has 4 heteroatoms. The highest BCUT2D eigenvalue weighted by molar-refractivity contribution is 5.96. The standard InChI is InChI=1S/C16H21NO3/c1-10-8-11(2)12(3)17(9-10)15(18)13-4-6-14(7-5-13)16(19)20/h4-7,10-12H,8-9H2,1-3H3,(H,19,20). The van der Waals surface area contributed by atoms with Crippen molar-refractivity contribution in [3.63, 3.8) is 0 Å². The molecule has 3 unspecified atom stereocenters. The SMILES string of the molecule is CC1CC(C)C(C)N(C(=O)c2ccc(C(=O)O)cc2)C1. The molecule has 1 aromatic carbocycles. The first-order valence-corrected chi connectivity index (χ1v) is 7.04. The molecule has 1 aliphatic heterocycles. The normalized spacial score (nSPS) is 26.4. The molecule has 1 N–H and O–H groups in total. The fourth-order valence-electron chi connectivity index (χ4n) is 2.90. The summed E-state index contributed by atoms with van der Waals surface area (Å²) in [6.45, 7) is 7.19. The molecule has 1 heterocycles. The van der Waals surface area contributed by atoms with Gasteiger partial charge in [-0.1, -0.05) is 13.8 Å². The third-order valence-corrected chi connectivity index (χ3v) is 4.24. The van der Waals surface area contributed by atoms with Gasteiger partial charge in [-0.05, 0) is 49.4 Å². The molecule has 1 amide bonds. The van der Waals surface area contributed by atoms with E-state index in [4.69, 9.17) is 5.11 Å². The van der Waals surface area contributed by atoms with E-state index in [1.807, 2.05) is 4.90 Å². The van der Waals surface area contributed by atoms with E-state index >= 15 is 0 Å². The summed E-state index contributed by atoms with van der Waals surface area (Å²) >= 11 is 0. The maximum Gasteiger partial charge on any atom is 0.335 e. The first-order chi connectivity index (χ1) is 9.40. The molecule has 3 atom stereocenters. The van der Waals surface area contributed by atoms with E-state index < -0.39 is 5.97 Å². The van der Waals surface area contributed by atoms with Crippen molar-refractivity contribution < 1.29 is 14.7 Å². The number of hydrogen-bond acceptors (Lipinski definition) is 2. The molecule has 1 fully saturated rings. The molecule has 1 saturated heterocycles. The molecule has 108 valence electrons. The summed E-state index contributed by atoms with van der Waals surface area (Å²) < 4.78 is 0. The third kappa shape index (κ3) is 2.84. The second-order valence-electron chi connectivity index (χ2n) is 5.90. The molecular formula is C16H21NO3. The average Bonchev–Trinajstić information content (AvgIpc) is 2.42. The number of carbonyl (C=O) groups excluding carboxylic acids is 1. The van der Waals surface area contributed by atoms with Crippen molar-refractivity contribution in [2.75, 3.05) is 6.54 Å². The Balaban J connectivity index is 2.19. The number of carbonyl (C=O) groups is 2. The lowest BCUT2D eigenvalue weighted by Crippen LogP contribution is -2.48. The van der Waals surface area contributed by atoms with Crippen molar-refractivity contribution in [1.82, 2.24) is 4.90 Å². The molecule has 1 aromatic rings. The van der Waals surface area contributed by atoms with Gasteiger partial charge in [0.15, 0.2) is 0 Å². The minimum absolute atomic E-state index is 0.00663. The maximum absolute atomic E-state index is 12.6. The number of benzene rings is 1. The highest BCUT2D eigenvalue weighted by atomic mass is 16.4. The average molecular weight is 275 g/mol. The van der Waals surface area contributed by atoms with Crippen LogP contribution in [0, 0.1) is 11.8 Å². The van der Waals surface area contributed by atoms with E-state index in [2.05, 4.69) is 20.8 Å². The Bertz CT molecular complexity index is 509. The van der Waals surface area contributed by atoms with Gasteiger partial charge >= 0.3 is 5.97 Å². The Morgan fingerprint density at radius 1 is 1.10 bits per heavy atom. The lowest BCUT2D eigenvalue weighted by molar-refractivity contribution is 0.0455. The van der Waals surface area contributed by atoms with Gasteiger partial charge in [0.1, 0.15) is 0 Å². The number of carboxylic acid groups (broad SMARTS) is 1. The third-order valence-electron chi connectivity index (χ3n) is 4.24. The predicted molar refractivity (Wildman–Crippen MR) is 76.8 cm³/mol. The van der Waals surface area contributed by atoms with E-state index in [0.29, 0.717) is 17.4 Å². The monoisotopic (exact) mass is 275 g/mol. The fraction of sp³-hybridized carbons (Fsp3) is 0.500. The molecule has 0 aromatic heterocycles. The molecule has 0 bridgehead atoms. The summed E-state index contributed by atoms with van der Waals surface area (Å²) in [5, 5.41) is 8.88. The molecule has 20 heavy (non-hydrogen) atoms. The summed E-state index contributed by atoms with van der Waals surface area (Å²) in [5.74, 6) is 0.00913. The van der Waals surface area contributed by atoms with Crippen LogP contribution in [0.15, 0.2) is 24.3 Å². The molecule has 1 aliphatic rings. The summed E-state index contributed by atoms with van der Waals surface area (Å²) in [7, 11) is 0. The summed E-state index contributed by atoms with van der Waals surface area (Å²) in [6.07, 6.45) is 1.14. The van der Waals surface area contributed by atoms with Gasteiger partial charge in [0.2, 0.25) is 0 Å². The molecule has 0 spiro atoms. The van der Waals surface area contributed by atoms with Crippen LogP contribution < -0.4 is 0 Å². The van der Waals surface area contributed by atoms with Crippen LogP contribution in [-0.4, -0.2) is 34.5 Å². The molecule has 4 nitrogen and oxygen atoms in total. The Kier molecular flexibility index (Phi) is 4.12. The maximum atomic E-state index is 12.6. The zero-order chi connectivity index (χ0) is 14.9. The molecule has 0 saturated carbocycles. The number of carboxylic acids is 1. The van der Waals surface area contributed by atoms with E-state index in [9.17, 15) is 9.59 Å². The topological polar surface area (TPSA) is 57.6 Å². The number of piperidine rings is 1. The van der Waals surface area contributed by atoms with Crippen molar-refractivity contribution >= 4 is 11.9 Å². The number of likely N-dealkylation sites (tertiary alicyclic amines) is 1. The quantitative estimate of drug-likeness (QED) is 0.903. The van der Waals surface area contributed by atoms with Gasteiger partial charge in [0.25, 0.3) is 5.91 Å². The Morgan fingerprint density at radius 3 is 2.20 bits per heavy atom. The highest BCUT2D eigenvalue weighted by Crippen LogP contribution is 2.28. The van der Waals surface area contributed by atoms with Gasteiger partial charge in [-0.25, -0.2) is 4.79 Å². The molecule has 0 aliphatic carbocycles. The van der Waals surface area contributed by atoms with E-state index in [1.165, 1.54) is 12.1 Å². The van der Waals surface area contributed by atoms with E-state index in [1.54, 1.807) is 12.1 Å². The first-order valence-electron chi connectivity index (χ1n) is 7.04. The zero-order valence-electron chi connectivity index (χ0n) is 12.2. The van der Waals surface area contributed by atoms with Gasteiger partial charge in [0.05, 0.1) is 5.56 Å². The van der Waals surface area contributed by atoms with E-state index in [0.717, 1.165) is 13.0 Å². The van der Waals surface area contributed by atoms with Gasteiger partial charge in [-0.2, -0.15) is 0 Å². The van der Waals surface area contributed by atoms with Gasteiger partial charge in [0, 0.05) is 18.2 Å². The summed E-state index contributed by atoms with van der Waals surface area (Å²) in [4.78, 5) is 25.3. The van der Waals surface area contributed by atoms with Crippen LogP contribution in [0.1, 0.15) is 47.9 Å². The van der Waals surface area contributed by atoms with Crippen molar-refractivity contribution in [1.29, 1.82) is 0 Å². The number of hydrogen-bond donors (Lipinski definition) is 1. The minimum atomic E-state index is -0.974. The van der Waals surface area contributed by atoms with Crippen LogP contribution in [0.4, 0.5) is 0 Å². The van der Waals surface area contributed by atoms with Gasteiger partial charge in [-0.15, -0.1) is 0 Å². The van der Waals surface area contributed by atoms with Gasteiger partial charge < -0.3 is 10.0 Å². The first kappa shape index (κ1) is 14.6. The smallest absolute Gasteiger partial charge is 0.335 e. The second-order valence-corrected chi connectivity index (χ2v) is 5.90. The summed E-state index contributed by atoms with van der Waals surface area (Å²) in [6, 6.07) is 6.39. The highest BCUT2D eigenvalue weighted by Gasteiger charge is 2.32. The predicted octanol–water partition coefficient (Wildman–Crippen LogP) is 2.89. The second kappa shape index (κ2) is 5.65. The molecule has 2 rings (SSSR count). The Hall–Kier alpha value is -1.84. The van der Waals surface area contributed by atoms with Crippen LogP contribution in [-0.2, 0) is 0 Å². The van der Waals surface area contributed by atoms with Gasteiger partial charge in [-0.3, -0.25) is 4.79 Å². The lowest BCUT2D eigenvalue weighted by Gasteiger charge is -2.41. The van der Waals surface area contributed by atoms with Crippen molar-refractivity contribution in [2.24, 2.45) is 11.8 Å². The van der Waals surface area contributed by atoms with Crippen molar-refractivity contribution in [3.8, 4) is 0 Å². The Labute approximate surface area is 119 Å². The molecule has 0 radical (unpaired) electrons. The van der Waals surface area contributed by atoms with Crippen LogP contribution in [0.25, 0.3) is 0 Å². The van der Waals surface area contributed by atoms with Crippen molar-refractivity contribution in [2.45, 2.75) is 33.2 Å². The Morgan fingerprint density at radius 2 is 1.65 bits per heavy atom. The largest absolute Gasteiger partial charge is 0.478 e. The number of nitrogens with zero attached hydrogens (tertiary/aromatic N) is 1. The van der Waals surface area contributed by atoms with Crippen LogP contribution in [0.3, 0.4) is 0 Å². The zero-order valence-corrected chi connectivity index (χ0v) is 12.2. The van der Waals surface area contributed by atoms with E-state index in [-0.39, 0.29) is 17.5 Å². The van der Waals surface area contributed by atoms with Crippen LogP contribution >= 0.6 is 0 Å². The minimum Gasteiger partial charge on any atom is -0.478 e. The number of aromatic carboxylic acids is 1. The fourth-order valence-corrected chi connectivity index (χ4v) is 2.90. The van der Waals surface area contributed by atoms with Crippen LogP contribution in [0.2, 0.25) is 0 Å². The summed E-state index contributed by atoms with van der Waals surface area (Å²) in [5.41, 5.74) is 0.762. The number of rotatable bonds is 2. The lowest BCUT2D eigenvalue weighted by atomic mass is 9.85. The van der Waals surface area contributed by atoms with Crippen LogP contribution in [0.5, 0.6) is 0 Å².